The number of carbonyl (C=O) groups is 1. The molecule has 1 atom stereocenters. The van der Waals surface area contributed by atoms with Crippen molar-refractivity contribution < 1.29 is 4.79 Å². The number of pyridine rings is 1. The van der Waals surface area contributed by atoms with Crippen LogP contribution >= 0.6 is 23.2 Å². The van der Waals surface area contributed by atoms with Crippen molar-refractivity contribution in [2.24, 2.45) is 0 Å². The SMILES string of the molecule is CCc1ccc(C(C)NC(=O)c2cnc(Cl)c(Cl)c2)cc1. The maximum atomic E-state index is 12.2. The lowest BCUT2D eigenvalue weighted by Crippen LogP contribution is -2.26. The van der Waals surface area contributed by atoms with E-state index >= 15 is 0 Å². The summed E-state index contributed by atoms with van der Waals surface area (Å²) in [5, 5.41) is 3.37. The molecular weight excluding hydrogens is 307 g/mol. The maximum absolute atomic E-state index is 12.2. The highest BCUT2D eigenvalue weighted by atomic mass is 35.5. The fourth-order valence-corrected chi connectivity index (χ4v) is 2.22. The van der Waals surface area contributed by atoms with E-state index in [2.05, 4.69) is 29.4 Å². The summed E-state index contributed by atoms with van der Waals surface area (Å²) in [6.07, 6.45) is 2.41. The lowest BCUT2D eigenvalue weighted by Gasteiger charge is -2.15. The van der Waals surface area contributed by atoms with Gasteiger partial charge in [0.05, 0.1) is 16.6 Å². The van der Waals surface area contributed by atoms with Gasteiger partial charge < -0.3 is 5.32 Å². The maximum Gasteiger partial charge on any atom is 0.253 e. The monoisotopic (exact) mass is 322 g/mol. The number of hydrogen-bond acceptors (Lipinski definition) is 2. The molecule has 0 bridgehead atoms. The molecule has 1 aromatic heterocycles. The Morgan fingerprint density at radius 1 is 1.29 bits per heavy atom. The van der Waals surface area contributed by atoms with Crippen LogP contribution in [0.25, 0.3) is 0 Å². The van der Waals surface area contributed by atoms with E-state index in [9.17, 15) is 4.79 Å². The van der Waals surface area contributed by atoms with Crippen molar-refractivity contribution in [1.82, 2.24) is 10.3 Å². The van der Waals surface area contributed by atoms with Gasteiger partial charge in [0.1, 0.15) is 5.15 Å². The third kappa shape index (κ3) is 3.96. The Labute approximate surface area is 134 Å². The van der Waals surface area contributed by atoms with Gasteiger partial charge in [0.25, 0.3) is 5.91 Å². The van der Waals surface area contributed by atoms with Crippen molar-refractivity contribution in [2.75, 3.05) is 0 Å². The third-order valence-corrected chi connectivity index (χ3v) is 3.98. The van der Waals surface area contributed by atoms with Crippen molar-refractivity contribution in [1.29, 1.82) is 0 Å². The molecule has 1 aromatic carbocycles. The van der Waals surface area contributed by atoms with E-state index in [1.807, 2.05) is 19.1 Å². The van der Waals surface area contributed by atoms with Gasteiger partial charge >= 0.3 is 0 Å². The van der Waals surface area contributed by atoms with Crippen LogP contribution in [-0.2, 0) is 6.42 Å². The van der Waals surface area contributed by atoms with E-state index in [0.29, 0.717) is 5.56 Å². The third-order valence-electron chi connectivity index (χ3n) is 3.29. The molecule has 110 valence electrons. The first-order valence-electron chi connectivity index (χ1n) is 6.72. The number of aryl methyl sites for hydroxylation is 1. The topological polar surface area (TPSA) is 42.0 Å². The van der Waals surface area contributed by atoms with Crippen LogP contribution in [0.3, 0.4) is 0 Å². The zero-order valence-corrected chi connectivity index (χ0v) is 13.4. The molecule has 3 nitrogen and oxygen atoms in total. The molecule has 2 rings (SSSR count). The van der Waals surface area contributed by atoms with Crippen LogP contribution in [0, 0.1) is 0 Å². The van der Waals surface area contributed by atoms with E-state index in [1.165, 1.54) is 17.8 Å². The smallest absolute Gasteiger partial charge is 0.253 e. The van der Waals surface area contributed by atoms with Crippen LogP contribution in [0.5, 0.6) is 0 Å². The Bertz CT molecular complexity index is 641. The standard InChI is InChI=1S/C16H16Cl2N2O/c1-3-11-4-6-12(7-5-11)10(2)20-16(21)13-8-14(17)15(18)19-9-13/h4-10H,3H2,1-2H3,(H,20,21). The number of nitrogens with zero attached hydrogens (tertiary/aromatic N) is 1. The van der Waals surface area contributed by atoms with Gasteiger partial charge in [-0.15, -0.1) is 0 Å². The number of hydrogen-bond donors (Lipinski definition) is 1. The van der Waals surface area contributed by atoms with E-state index in [0.717, 1.165) is 12.0 Å². The zero-order chi connectivity index (χ0) is 15.4. The highest BCUT2D eigenvalue weighted by Crippen LogP contribution is 2.20. The molecule has 0 aliphatic heterocycles. The van der Waals surface area contributed by atoms with E-state index < -0.39 is 0 Å². The number of amides is 1. The Morgan fingerprint density at radius 3 is 2.52 bits per heavy atom. The number of nitrogens with one attached hydrogen (secondary N) is 1. The molecule has 1 heterocycles. The predicted molar refractivity (Wildman–Crippen MR) is 86.0 cm³/mol. The Kier molecular flexibility index (Phi) is 5.21. The molecule has 0 saturated carbocycles. The second-order valence-electron chi connectivity index (χ2n) is 4.79. The first-order chi connectivity index (χ1) is 10.0. The Morgan fingerprint density at radius 2 is 1.95 bits per heavy atom. The first kappa shape index (κ1) is 15.8. The van der Waals surface area contributed by atoms with Crippen molar-refractivity contribution in [3.05, 3.63) is 63.4 Å². The molecule has 5 heteroatoms. The van der Waals surface area contributed by atoms with Crippen LogP contribution in [0.4, 0.5) is 0 Å². The summed E-state index contributed by atoms with van der Waals surface area (Å²) in [6.45, 7) is 4.04. The molecule has 1 N–H and O–H groups in total. The van der Waals surface area contributed by atoms with E-state index in [-0.39, 0.29) is 22.1 Å². The lowest BCUT2D eigenvalue weighted by molar-refractivity contribution is 0.0939. The van der Waals surface area contributed by atoms with Gasteiger partial charge in [0.2, 0.25) is 0 Å². The molecule has 0 aliphatic carbocycles. The minimum absolute atomic E-state index is 0.0992. The average Bonchev–Trinajstić information content (AvgIpc) is 2.50. The second-order valence-corrected chi connectivity index (χ2v) is 5.55. The van der Waals surface area contributed by atoms with Gasteiger partial charge in [0, 0.05) is 6.20 Å². The molecule has 2 aromatic rings. The van der Waals surface area contributed by atoms with Crippen LogP contribution in [0.15, 0.2) is 36.5 Å². The Hall–Kier alpha value is -1.58. The fourth-order valence-electron chi connectivity index (χ4n) is 1.95. The highest BCUT2D eigenvalue weighted by molar-refractivity contribution is 6.41. The van der Waals surface area contributed by atoms with Crippen molar-refractivity contribution in [3.8, 4) is 0 Å². The summed E-state index contributed by atoms with van der Waals surface area (Å²) in [6, 6.07) is 9.60. The number of halogens is 2. The van der Waals surface area contributed by atoms with Crippen molar-refractivity contribution >= 4 is 29.1 Å². The van der Waals surface area contributed by atoms with Crippen LogP contribution in [-0.4, -0.2) is 10.9 Å². The van der Waals surface area contributed by atoms with Crippen LogP contribution in [0.2, 0.25) is 10.2 Å². The average molecular weight is 323 g/mol. The molecule has 21 heavy (non-hydrogen) atoms. The van der Waals surface area contributed by atoms with Gasteiger partial charge in [-0.2, -0.15) is 0 Å². The van der Waals surface area contributed by atoms with E-state index in [1.54, 1.807) is 0 Å². The van der Waals surface area contributed by atoms with Crippen LogP contribution < -0.4 is 5.32 Å². The number of benzene rings is 1. The largest absolute Gasteiger partial charge is 0.345 e. The number of aromatic nitrogens is 1. The summed E-state index contributed by atoms with van der Waals surface area (Å²) < 4.78 is 0. The quantitative estimate of drug-likeness (QED) is 0.845. The molecule has 0 saturated heterocycles. The van der Waals surface area contributed by atoms with Crippen LogP contribution in [0.1, 0.15) is 41.4 Å². The molecular formula is C16H16Cl2N2O. The number of carbonyl (C=O) groups excluding carboxylic acids is 1. The van der Waals surface area contributed by atoms with Crippen molar-refractivity contribution in [3.63, 3.8) is 0 Å². The van der Waals surface area contributed by atoms with Gasteiger partial charge in [-0.3, -0.25) is 4.79 Å². The summed E-state index contributed by atoms with van der Waals surface area (Å²) in [5.74, 6) is -0.229. The first-order valence-corrected chi connectivity index (χ1v) is 7.47. The second kappa shape index (κ2) is 6.92. The molecule has 0 aliphatic rings. The fraction of sp³-hybridized carbons (Fsp3) is 0.250. The van der Waals surface area contributed by atoms with E-state index in [4.69, 9.17) is 23.2 Å². The minimum Gasteiger partial charge on any atom is -0.345 e. The lowest BCUT2D eigenvalue weighted by atomic mass is 10.0. The number of rotatable bonds is 4. The minimum atomic E-state index is -0.229. The predicted octanol–water partition coefficient (Wildman–Crippen LogP) is 4.44. The molecule has 1 unspecified atom stereocenters. The summed E-state index contributed by atoms with van der Waals surface area (Å²) >= 11 is 11.6. The zero-order valence-electron chi connectivity index (χ0n) is 11.9. The highest BCUT2D eigenvalue weighted by Gasteiger charge is 2.13. The van der Waals surface area contributed by atoms with Gasteiger partial charge in [-0.1, -0.05) is 54.4 Å². The van der Waals surface area contributed by atoms with Gasteiger partial charge in [-0.25, -0.2) is 4.98 Å². The van der Waals surface area contributed by atoms with Crippen molar-refractivity contribution in [2.45, 2.75) is 26.3 Å². The molecule has 1 amide bonds. The normalized spacial score (nSPS) is 12.0. The summed E-state index contributed by atoms with van der Waals surface area (Å²) in [5.41, 5.74) is 2.71. The van der Waals surface area contributed by atoms with Gasteiger partial charge in [-0.05, 0) is 30.5 Å². The Balaban J connectivity index is 2.08. The van der Waals surface area contributed by atoms with Gasteiger partial charge in [0.15, 0.2) is 0 Å². The molecule has 0 radical (unpaired) electrons. The summed E-state index contributed by atoms with van der Waals surface area (Å²) in [7, 11) is 0. The molecule has 0 spiro atoms. The summed E-state index contributed by atoms with van der Waals surface area (Å²) in [4.78, 5) is 16.0. The molecule has 0 fully saturated rings.